The van der Waals surface area contributed by atoms with Gasteiger partial charge in [0.05, 0.1) is 12.0 Å². The van der Waals surface area contributed by atoms with Crippen molar-refractivity contribution in [2.75, 3.05) is 5.73 Å². The second-order valence-corrected chi connectivity index (χ2v) is 3.77. The minimum absolute atomic E-state index is 0.725. The van der Waals surface area contributed by atoms with Crippen molar-refractivity contribution in [2.24, 2.45) is 7.05 Å². The Morgan fingerprint density at radius 3 is 2.94 bits per heavy atom. The van der Waals surface area contributed by atoms with Crippen LogP contribution in [0.4, 0.5) is 5.69 Å². The van der Waals surface area contributed by atoms with Crippen LogP contribution >= 0.6 is 0 Å². The van der Waals surface area contributed by atoms with Gasteiger partial charge in [0, 0.05) is 30.5 Å². The van der Waals surface area contributed by atoms with Gasteiger partial charge in [-0.05, 0) is 12.1 Å². The summed E-state index contributed by atoms with van der Waals surface area (Å²) in [7, 11) is 1.94. The molecule has 3 aromatic heterocycles. The Hall–Kier alpha value is -2.30. The maximum atomic E-state index is 5.87. The molecule has 3 heterocycles. The van der Waals surface area contributed by atoms with Crippen LogP contribution in [0.3, 0.4) is 0 Å². The zero-order chi connectivity index (χ0) is 11.1. The molecule has 0 bridgehead atoms. The molecule has 80 valence electrons. The quantitative estimate of drug-likeness (QED) is 0.644. The number of anilines is 1. The summed E-state index contributed by atoms with van der Waals surface area (Å²) in [6.07, 6.45) is 5.40. The van der Waals surface area contributed by atoms with Crippen molar-refractivity contribution >= 4 is 16.7 Å². The predicted molar refractivity (Wildman–Crippen MR) is 62.7 cm³/mol. The average Bonchev–Trinajstić information content (AvgIpc) is 2.84. The van der Waals surface area contributed by atoms with Gasteiger partial charge in [-0.25, -0.2) is 9.97 Å². The first-order chi connectivity index (χ1) is 7.74. The number of fused-ring (bicyclic) bond motifs is 1. The topological polar surface area (TPSA) is 72.5 Å². The summed E-state index contributed by atoms with van der Waals surface area (Å²) in [6.45, 7) is 0. The Labute approximate surface area is 91.9 Å². The summed E-state index contributed by atoms with van der Waals surface area (Å²) in [5.41, 5.74) is 9.21. The van der Waals surface area contributed by atoms with Gasteiger partial charge < -0.3 is 15.3 Å². The van der Waals surface area contributed by atoms with Crippen LogP contribution in [-0.2, 0) is 7.05 Å². The van der Waals surface area contributed by atoms with E-state index in [1.54, 1.807) is 18.6 Å². The van der Waals surface area contributed by atoms with Crippen LogP contribution in [0.1, 0.15) is 0 Å². The van der Waals surface area contributed by atoms with Crippen LogP contribution in [0.5, 0.6) is 0 Å². The number of rotatable bonds is 1. The second-order valence-electron chi connectivity index (χ2n) is 3.77. The molecule has 5 heteroatoms. The zero-order valence-electron chi connectivity index (χ0n) is 8.81. The Kier molecular flexibility index (Phi) is 1.73. The Balaban J connectivity index is 2.22. The van der Waals surface area contributed by atoms with Crippen molar-refractivity contribution in [1.29, 1.82) is 0 Å². The van der Waals surface area contributed by atoms with Crippen LogP contribution in [0.15, 0.2) is 30.9 Å². The fraction of sp³-hybridized carbons (Fsp3) is 0.0909. The highest BCUT2D eigenvalue weighted by Crippen LogP contribution is 2.24. The number of aromatic nitrogens is 4. The fourth-order valence-corrected chi connectivity index (χ4v) is 1.74. The van der Waals surface area contributed by atoms with Crippen molar-refractivity contribution in [1.82, 2.24) is 19.5 Å². The number of nitrogens with two attached hydrogens (primary N) is 1. The Morgan fingerprint density at radius 2 is 2.25 bits per heavy atom. The first kappa shape index (κ1) is 8.96. The van der Waals surface area contributed by atoms with Gasteiger partial charge in [-0.3, -0.25) is 0 Å². The van der Waals surface area contributed by atoms with E-state index in [-0.39, 0.29) is 0 Å². The van der Waals surface area contributed by atoms with E-state index in [0.717, 1.165) is 28.1 Å². The van der Waals surface area contributed by atoms with Crippen LogP contribution in [0, 0.1) is 0 Å². The van der Waals surface area contributed by atoms with E-state index in [1.807, 2.05) is 23.9 Å². The smallest absolute Gasteiger partial charge is 0.139 e. The number of nitrogen functional groups attached to an aromatic ring is 1. The number of aromatic amines is 1. The van der Waals surface area contributed by atoms with E-state index in [0.29, 0.717) is 0 Å². The molecule has 0 aliphatic carbocycles. The van der Waals surface area contributed by atoms with Gasteiger partial charge in [-0.1, -0.05) is 0 Å². The summed E-state index contributed by atoms with van der Waals surface area (Å²) in [4.78, 5) is 11.7. The fourth-order valence-electron chi connectivity index (χ4n) is 1.74. The number of imidazole rings is 1. The van der Waals surface area contributed by atoms with Crippen molar-refractivity contribution in [2.45, 2.75) is 0 Å². The summed E-state index contributed by atoms with van der Waals surface area (Å²) >= 11 is 0. The lowest BCUT2D eigenvalue weighted by Gasteiger charge is -1.91. The molecule has 3 N–H and O–H groups in total. The first-order valence-corrected chi connectivity index (χ1v) is 4.95. The van der Waals surface area contributed by atoms with Gasteiger partial charge in [-0.15, -0.1) is 0 Å². The van der Waals surface area contributed by atoms with Crippen molar-refractivity contribution in [3.05, 3.63) is 30.9 Å². The monoisotopic (exact) mass is 213 g/mol. The highest BCUT2D eigenvalue weighted by atomic mass is 15.0. The molecule has 3 aromatic rings. The number of hydrogen-bond donors (Lipinski definition) is 2. The van der Waals surface area contributed by atoms with E-state index in [9.17, 15) is 0 Å². The van der Waals surface area contributed by atoms with Crippen LogP contribution in [0.2, 0.25) is 0 Å². The molecule has 0 unspecified atom stereocenters. The zero-order valence-corrected chi connectivity index (χ0v) is 8.81. The second kappa shape index (κ2) is 3.10. The average molecular weight is 213 g/mol. The van der Waals surface area contributed by atoms with Gasteiger partial charge in [0.2, 0.25) is 0 Å². The third-order valence-corrected chi connectivity index (χ3v) is 2.55. The largest absolute Gasteiger partial charge is 0.398 e. The van der Waals surface area contributed by atoms with E-state index >= 15 is 0 Å². The number of hydrogen-bond acceptors (Lipinski definition) is 3. The molecule has 0 spiro atoms. The van der Waals surface area contributed by atoms with Crippen LogP contribution in [0.25, 0.3) is 22.4 Å². The van der Waals surface area contributed by atoms with Gasteiger partial charge in [0.25, 0.3) is 0 Å². The number of nitrogens with one attached hydrogen (secondary N) is 1. The third-order valence-electron chi connectivity index (χ3n) is 2.55. The third kappa shape index (κ3) is 1.25. The van der Waals surface area contributed by atoms with Gasteiger partial charge >= 0.3 is 0 Å². The Bertz CT molecular complexity index is 649. The summed E-state index contributed by atoms with van der Waals surface area (Å²) < 4.78 is 1.90. The number of pyridine rings is 1. The maximum absolute atomic E-state index is 5.87. The molecular weight excluding hydrogens is 202 g/mol. The number of H-pyrrole nitrogens is 1. The lowest BCUT2D eigenvalue weighted by Crippen LogP contribution is -1.85. The summed E-state index contributed by atoms with van der Waals surface area (Å²) in [5, 5.41) is 0.933. The molecule has 0 saturated carbocycles. The normalized spacial score (nSPS) is 11.1. The predicted octanol–water partition coefficient (Wildman–Crippen LogP) is 1.55. The van der Waals surface area contributed by atoms with Gasteiger partial charge in [0.15, 0.2) is 0 Å². The lowest BCUT2D eigenvalue weighted by molar-refractivity contribution is 0.913. The molecule has 0 fully saturated rings. The summed E-state index contributed by atoms with van der Waals surface area (Å²) in [6, 6.07) is 3.76. The van der Waals surface area contributed by atoms with E-state index in [4.69, 9.17) is 5.73 Å². The van der Waals surface area contributed by atoms with Crippen molar-refractivity contribution in [3.63, 3.8) is 0 Å². The van der Waals surface area contributed by atoms with Gasteiger partial charge in [-0.2, -0.15) is 0 Å². The standard InChI is InChI=1S/C11H11N5/c1-16-5-10(14-6-16)9-4-7-8(12)2-3-13-11(7)15-9/h2-6H,1H3,(H3,12,13,15). The van der Waals surface area contributed by atoms with Crippen molar-refractivity contribution in [3.8, 4) is 11.4 Å². The van der Waals surface area contributed by atoms with E-state index in [2.05, 4.69) is 15.0 Å². The summed E-state index contributed by atoms with van der Waals surface area (Å²) in [5.74, 6) is 0. The minimum Gasteiger partial charge on any atom is -0.398 e. The molecule has 0 radical (unpaired) electrons. The molecule has 3 rings (SSSR count). The number of nitrogens with zero attached hydrogens (tertiary/aromatic N) is 3. The highest BCUT2D eigenvalue weighted by Gasteiger charge is 2.07. The van der Waals surface area contributed by atoms with Crippen LogP contribution < -0.4 is 5.73 Å². The van der Waals surface area contributed by atoms with E-state index in [1.165, 1.54) is 0 Å². The van der Waals surface area contributed by atoms with Gasteiger partial charge in [0.1, 0.15) is 11.3 Å². The van der Waals surface area contributed by atoms with Crippen molar-refractivity contribution < 1.29 is 0 Å². The SMILES string of the molecule is Cn1cnc(-c2cc3c(N)ccnc3[nH]2)c1. The minimum atomic E-state index is 0.725. The molecule has 0 atom stereocenters. The molecule has 0 aliphatic heterocycles. The Morgan fingerprint density at radius 1 is 1.38 bits per heavy atom. The lowest BCUT2D eigenvalue weighted by atomic mass is 10.2. The first-order valence-electron chi connectivity index (χ1n) is 4.95. The van der Waals surface area contributed by atoms with Crippen LogP contribution in [-0.4, -0.2) is 19.5 Å². The molecule has 0 aromatic carbocycles. The molecular formula is C11H11N5. The molecule has 0 aliphatic rings. The molecule has 16 heavy (non-hydrogen) atoms. The van der Waals surface area contributed by atoms with E-state index < -0.39 is 0 Å². The molecule has 0 saturated heterocycles. The highest BCUT2D eigenvalue weighted by molar-refractivity contribution is 5.91. The molecule has 0 amide bonds. The number of aryl methyl sites for hydroxylation is 1. The molecule has 5 nitrogen and oxygen atoms in total. The maximum Gasteiger partial charge on any atom is 0.139 e.